The van der Waals surface area contributed by atoms with Crippen LogP contribution in [0.2, 0.25) is 18.1 Å². The smallest absolute Gasteiger partial charge is 0.191 e. The lowest BCUT2D eigenvalue weighted by molar-refractivity contribution is 0.282. The monoisotopic (exact) mass is 316 g/mol. The second kappa shape index (κ2) is 6.43. The van der Waals surface area contributed by atoms with Gasteiger partial charge < -0.3 is 8.84 Å². The van der Waals surface area contributed by atoms with Crippen molar-refractivity contribution in [2.75, 3.05) is 6.61 Å². The van der Waals surface area contributed by atoms with Gasteiger partial charge in [-0.2, -0.15) is 0 Å². The van der Waals surface area contributed by atoms with E-state index in [9.17, 15) is 0 Å². The number of hydrogen-bond acceptors (Lipinski definition) is 2. The zero-order valence-electron chi connectivity index (χ0n) is 14.7. The molecule has 0 aliphatic heterocycles. The fourth-order valence-corrected chi connectivity index (χ4v) is 3.22. The molecule has 0 unspecified atom stereocenters. The van der Waals surface area contributed by atoms with Crippen molar-refractivity contribution >= 4 is 8.32 Å². The number of furan rings is 1. The molecule has 2 nitrogen and oxygen atoms in total. The fraction of sp³-hybridized carbons (Fsp3) is 0.474. The standard InChI is InChI=1S/C19H28O2Si/c1-15-14-17(12-13-20-22(5,6)19(2,3)4)21-18(15)16-10-8-7-9-11-16/h7-11,14H,12-13H2,1-6H3. The van der Waals surface area contributed by atoms with E-state index in [1.54, 1.807) is 0 Å². The van der Waals surface area contributed by atoms with Crippen LogP contribution in [-0.4, -0.2) is 14.9 Å². The van der Waals surface area contributed by atoms with E-state index in [4.69, 9.17) is 8.84 Å². The summed E-state index contributed by atoms with van der Waals surface area (Å²) >= 11 is 0. The molecule has 1 heterocycles. The van der Waals surface area contributed by atoms with Crippen LogP contribution in [0.15, 0.2) is 40.8 Å². The molecule has 0 atom stereocenters. The van der Waals surface area contributed by atoms with Gasteiger partial charge in [-0.3, -0.25) is 0 Å². The molecule has 2 aromatic rings. The Bertz CT molecular complexity index is 606. The summed E-state index contributed by atoms with van der Waals surface area (Å²) in [6.45, 7) is 14.2. The summed E-state index contributed by atoms with van der Waals surface area (Å²) in [6.07, 6.45) is 0.834. The lowest BCUT2D eigenvalue weighted by Crippen LogP contribution is -2.41. The molecule has 1 aromatic heterocycles. The maximum atomic E-state index is 6.23. The SMILES string of the molecule is Cc1cc(CCO[Si](C)(C)C(C)(C)C)oc1-c1ccccc1. The van der Waals surface area contributed by atoms with Crippen LogP contribution in [0, 0.1) is 6.92 Å². The molecule has 0 saturated carbocycles. The van der Waals surface area contributed by atoms with Crippen molar-refractivity contribution in [2.24, 2.45) is 0 Å². The van der Waals surface area contributed by atoms with Crippen LogP contribution in [0.5, 0.6) is 0 Å². The van der Waals surface area contributed by atoms with E-state index in [1.807, 2.05) is 18.2 Å². The van der Waals surface area contributed by atoms with Gasteiger partial charge in [0.1, 0.15) is 11.5 Å². The Hall–Kier alpha value is -1.32. The zero-order chi connectivity index (χ0) is 16.4. The largest absolute Gasteiger partial charge is 0.461 e. The Morgan fingerprint density at radius 2 is 1.73 bits per heavy atom. The van der Waals surface area contributed by atoms with Gasteiger partial charge in [0.25, 0.3) is 0 Å². The molecule has 0 aliphatic rings. The van der Waals surface area contributed by atoms with Crippen molar-refractivity contribution in [1.82, 2.24) is 0 Å². The van der Waals surface area contributed by atoms with Crippen LogP contribution in [0.1, 0.15) is 32.1 Å². The van der Waals surface area contributed by atoms with Gasteiger partial charge in [0.15, 0.2) is 8.32 Å². The first kappa shape index (κ1) is 17.0. The summed E-state index contributed by atoms with van der Waals surface area (Å²) in [5, 5.41) is 0.251. The van der Waals surface area contributed by atoms with Crippen molar-refractivity contribution in [3.05, 3.63) is 47.7 Å². The topological polar surface area (TPSA) is 22.4 Å². The highest BCUT2D eigenvalue weighted by atomic mass is 28.4. The van der Waals surface area contributed by atoms with Gasteiger partial charge in [0.2, 0.25) is 0 Å². The first-order valence-electron chi connectivity index (χ1n) is 7.99. The molecule has 3 heteroatoms. The van der Waals surface area contributed by atoms with Gasteiger partial charge in [-0.25, -0.2) is 0 Å². The predicted molar refractivity (Wildman–Crippen MR) is 95.7 cm³/mol. The first-order chi connectivity index (χ1) is 10.2. The van der Waals surface area contributed by atoms with E-state index in [-0.39, 0.29) is 5.04 Å². The molecule has 0 fully saturated rings. The molecular formula is C19H28O2Si. The van der Waals surface area contributed by atoms with E-state index in [1.165, 1.54) is 5.56 Å². The molecule has 0 bridgehead atoms. The molecule has 1 aromatic carbocycles. The summed E-state index contributed by atoms with van der Waals surface area (Å²) in [5.41, 5.74) is 2.32. The van der Waals surface area contributed by atoms with Crippen LogP contribution in [0.4, 0.5) is 0 Å². The number of aryl methyl sites for hydroxylation is 1. The van der Waals surface area contributed by atoms with Crippen LogP contribution < -0.4 is 0 Å². The van der Waals surface area contributed by atoms with Gasteiger partial charge in [-0.1, -0.05) is 51.1 Å². The van der Waals surface area contributed by atoms with E-state index in [2.05, 4.69) is 59.0 Å². The third kappa shape index (κ3) is 3.90. The number of rotatable bonds is 5. The lowest BCUT2D eigenvalue weighted by Gasteiger charge is -2.36. The normalized spacial score (nSPS) is 12.6. The van der Waals surface area contributed by atoms with Gasteiger partial charge >= 0.3 is 0 Å². The van der Waals surface area contributed by atoms with E-state index in [0.29, 0.717) is 0 Å². The molecule has 22 heavy (non-hydrogen) atoms. The number of hydrogen-bond donors (Lipinski definition) is 0. The van der Waals surface area contributed by atoms with Gasteiger partial charge in [-0.05, 0) is 36.7 Å². The maximum absolute atomic E-state index is 6.23. The van der Waals surface area contributed by atoms with Crippen molar-refractivity contribution in [3.63, 3.8) is 0 Å². The molecule has 0 N–H and O–H groups in total. The van der Waals surface area contributed by atoms with E-state index >= 15 is 0 Å². The summed E-state index contributed by atoms with van der Waals surface area (Å²) in [7, 11) is -1.67. The van der Waals surface area contributed by atoms with Gasteiger partial charge in [0, 0.05) is 18.6 Å². The Morgan fingerprint density at radius 3 is 2.32 bits per heavy atom. The third-order valence-electron chi connectivity index (χ3n) is 4.62. The number of benzene rings is 1. The van der Waals surface area contributed by atoms with Crippen molar-refractivity contribution in [2.45, 2.75) is 52.2 Å². The predicted octanol–water partition coefficient (Wildman–Crippen LogP) is 5.82. The minimum atomic E-state index is -1.67. The minimum Gasteiger partial charge on any atom is -0.461 e. The van der Waals surface area contributed by atoms with Crippen molar-refractivity contribution in [1.29, 1.82) is 0 Å². The molecule has 0 radical (unpaired) electrons. The molecule has 0 saturated heterocycles. The summed E-state index contributed by atoms with van der Waals surface area (Å²) in [6, 6.07) is 12.4. The average molecular weight is 317 g/mol. The lowest BCUT2D eigenvalue weighted by atomic mass is 10.1. The molecule has 0 spiro atoms. The fourth-order valence-electron chi connectivity index (χ4n) is 2.17. The first-order valence-corrected chi connectivity index (χ1v) is 10.9. The zero-order valence-corrected chi connectivity index (χ0v) is 15.7. The van der Waals surface area contributed by atoms with Crippen LogP contribution >= 0.6 is 0 Å². The average Bonchev–Trinajstić information content (AvgIpc) is 2.79. The highest BCUT2D eigenvalue weighted by Crippen LogP contribution is 2.36. The second-order valence-electron chi connectivity index (χ2n) is 7.45. The Kier molecular flexibility index (Phi) is 4.98. The highest BCUT2D eigenvalue weighted by molar-refractivity contribution is 6.74. The highest BCUT2D eigenvalue weighted by Gasteiger charge is 2.36. The summed E-state index contributed by atoms with van der Waals surface area (Å²) in [5.74, 6) is 1.98. The van der Waals surface area contributed by atoms with Crippen LogP contribution in [0.3, 0.4) is 0 Å². The Balaban J connectivity index is 2.01. The van der Waals surface area contributed by atoms with E-state index < -0.39 is 8.32 Å². The minimum absolute atomic E-state index is 0.251. The molecule has 2 rings (SSSR count). The molecular weight excluding hydrogens is 288 g/mol. The Morgan fingerprint density at radius 1 is 1.09 bits per heavy atom. The van der Waals surface area contributed by atoms with E-state index in [0.717, 1.165) is 30.1 Å². The quantitative estimate of drug-likeness (QED) is 0.648. The van der Waals surface area contributed by atoms with Crippen molar-refractivity contribution in [3.8, 4) is 11.3 Å². The van der Waals surface area contributed by atoms with Crippen LogP contribution in [0.25, 0.3) is 11.3 Å². The summed E-state index contributed by atoms with van der Waals surface area (Å²) in [4.78, 5) is 0. The van der Waals surface area contributed by atoms with Crippen molar-refractivity contribution < 1.29 is 8.84 Å². The van der Waals surface area contributed by atoms with Gasteiger partial charge in [0.05, 0.1) is 0 Å². The second-order valence-corrected chi connectivity index (χ2v) is 12.3. The Labute approximate surface area is 135 Å². The molecule has 0 amide bonds. The third-order valence-corrected chi connectivity index (χ3v) is 9.16. The molecule has 0 aliphatic carbocycles. The molecule has 120 valence electrons. The van der Waals surface area contributed by atoms with Gasteiger partial charge in [-0.15, -0.1) is 0 Å². The maximum Gasteiger partial charge on any atom is 0.191 e. The van der Waals surface area contributed by atoms with Crippen LogP contribution in [-0.2, 0) is 10.8 Å². The summed E-state index contributed by atoms with van der Waals surface area (Å²) < 4.78 is 12.3.